The summed E-state index contributed by atoms with van der Waals surface area (Å²) in [6.45, 7) is 0. The number of methoxy groups -OCH3 is 1. The summed E-state index contributed by atoms with van der Waals surface area (Å²) >= 11 is 1.39. The lowest BCUT2D eigenvalue weighted by molar-refractivity contribution is -0.121. The molecule has 2 aromatic carbocycles. The van der Waals surface area contributed by atoms with Crippen LogP contribution in [0, 0.1) is 0 Å². The number of hydrogen-bond donors (Lipinski definition) is 0. The van der Waals surface area contributed by atoms with Crippen LogP contribution in [0.4, 0.5) is 5.69 Å². The number of anilines is 1. The van der Waals surface area contributed by atoms with Crippen LogP contribution < -0.4 is 4.90 Å². The van der Waals surface area contributed by atoms with E-state index in [2.05, 4.69) is 4.74 Å². The summed E-state index contributed by atoms with van der Waals surface area (Å²) in [5.74, 6) is -0.933. The molecular weight excluding hydrogens is 326 g/mol. The Morgan fingerprint density at radius 2 is 1.75 bits per heavy atom. The van der Waals surface area contributed by atoms with E-state index >= 15 is 0 Å². The zero-order chi connectivity index (χ0) is 17.1. The Labute approximate surface area is 143 Å². The minimum Gasteiger partial charge on any atom is -0.465 e. The minimum absolute atomic E-state index is 0.164. The lowest BCUT2D eigenvalue weighted by Gasteiger charge is -2.15. The second kappa shape index (κ2) is 6.88. The molecule has 0 bridgehead atoms. The Kier molecular flexibility index (Phi) is 4.66. The molecule has 1 aliphatic heterocycles. The van der Waals surface area contributed by atoms with Crippen molar-refractivity contribution in [2.45, 2.75) is 16.6 Å². The van der Waals surface area contributed by atoms with Gasteiger partial charge in [-0.3, -0.25) is 9.59 Å². The van der Waals surface area contributed by atoms with Gasteiger partial charge in [-0.2, -0.15) is 0 Å². The molecule has 24 heavy (non-hydrogen) atoms. The maximum atomic E-state index is 12.6. The van der Waals surface area contributed by atoms with Gasteiger partial charge in [0, 0.05) is 11.3 Å². The van der Waals surface area contributed by atoms with Gasteiger partial charge in [0.05, 0.1) is 23.6 Å². The smallest absolute Gasteiger partial charge is 0.337 e. The van der Waals surface area contributed by atoms with Crippen LogP contribution in [0.3, 0.4) is 0 Å². The summed E-state index contributed by atoms with van der Waals surface area (Å²) in [5.41, 5.74) is 0.837. The van der Waals surface area contributed by atoms with Crippen LogP contribution in [0.1, 0.15) is 16.8 Å². The number of carbonyl (C=O) groups excluding carboxylic acids is 3. The molecule has 3 rings (SSSR count). The van der Waals surface area contributed by atoms with Gasteiger partial charge in [0.15, 0.2) is 0 Å². The van der Waals surface area contributed by atoms with E-state index in [1.54, 1.807) is 24.3 Å². The van der Waals surface area contributed by atoms with Gasteiger partial charge in [-0.05, 0) is 36.4 Å². The van der Waals surface area contributed by atoms with E-state index < -0.39 is 11.2 Å². The molecule has 0 spiro atoms. The lowest BCUT2D eigenvalue weighted by atomic mass is 10.2. The number of carbonyl (C=O) groups is 3. The summed E-state index contributed by atoms with van der Waals surface area (Å²) < 4.78 is 4.64. The highest BCUT2D eigenvalue weighted by Crippen LogP contribution is 2.33. The molecule has 6 heteroatoms. The molecule has 5 nitrogen and oxygen atoms in total. The second-order valence-corrected chi connectivity index (χ2v) is 6.51. The number of nitrogens with zero attached hydrogens (tertiary/aromatic N) is 1. The first-order valence-corrected chi connectivity index (χ1v) is 8.25. The fourth-order valence-corrected chi connectivity index (χ4v) is 3.57. The van der Waals surface area contributed by atoms with Crippen LogP contribution in [0.5, 0.6) is 0 Å². The van der Waals surface area contributed by atoms with Crippen molar-refractivity contribution in [1.82, 2.24) is 0 Å². The molecule has 1 heterocycles. The van der Waals surface area contributed by atoms with E-state index in [9.17, 15) is 14.4 Å². The van der Waals surface area contributed by atoms with Gasteiger partial charge < -0.3 is 4.74 Å². The SMILES string of the molecule is COC(=O)c1ccc(N2C(=O)C[C@H](Sc3ccccc3)C2=O)cc1. The molecule has 0 radical (unpaired) electrons. The largest absolute Gasteiger partial charge is 0.465 e. The Morgan fingerprint density at radius 3 is 2.38 bits per heavy atom. The predicted octanol–water partition coefficient (Wildman–Crippen LogP) is 2.90. The van der Waals surface area contributed by atoms with Crippen molar-refractivity contribution in [3.05, 3.63) is 60.2 Å². The van der Waals surface area contributed by atoms with E-state index in [0.29, 0.717) is 11.3 Å². The zero-order valence-electron chi connectivity index (χ0n) is 13.0. The predicted molar refractivity (Wildman–Crippen MR) is 91.0 cm³/mol. The molecule has 1 fully saturated rings. The maximum absolute atomic E-state index is 12.6. The fraction of sp³-hybridized carbons (Fsp3) is 0.167. The molecule has 122 valence electrons. The molecule has 1 atom stereocenters. The van der Waals surface area contributed by atoms with Crippen molar-refractivity contribution < 1.29 is 19.1 Å². The third kappa shape index (κ3) is 3.19. The summed E-state index contributed by atoms with van der Waals surface area (Å²) in [6.07, 6.45) is 0.164. The Morgan fingerprint density at radius 1 is 1.08 bits per heavy atom. The van der Waals surface area contributed by atoms with Crippen LogP contribution in [0.15, 0.2) is 59.5 Å². The first-order valence-electron chi connectivity index (χ1n) is 7.37. The molecule has 1 saturated heterocycles. The van der Waals surface area contributed by atoms with Crippen molar-refractivity contribution in [3.8, 4) is 0 Å². The lowest BCUT2D eigenvalue weighted by Crippen LogP contribution is -2.31. The number of thioether (sulfide) groups is 1. The molecule has 0 saturated carbocycles. The molecule has 0 N–H and O–H groups in total. The maximum Gasteiger partial charge on any atom is 0.337 e. The third-order valence-corrected chi connectivity index (χ3v) is 4.87. The summed E-state index contributed by atoms with van der Waals surface area (Å²) in [4.78, 5) is 38.4. The average molecular weight is 341 g/mol. The average Bonchev–Trinajstić information content (AvgIpc) is 2.89. The van der Waals surface area contributed by atoms with Gasteiger partial charge in [0.1, 0.15) is 0 Å². The van der Waals surface area contributed by atoms with Crippen molar-refractivity contribution in [3.63, 3.8) is 0 Å². The molecule has 0 aromatic heterocycles. The van der Waals surface area contributed by atoms with Gasteiger partial charge in [0.2, 0.25) is 11.8 Å². The number of imide groups is 1. The number of ether oxygens (including phenoxy) is 1. The normalized spacial score (nSPS) is 17.2. The Balaban J connectivity index is 1.78. The highest BCUT2D eigenvalue weighted by molar-refractivity contribution is 8.00. The standard InChI is InChI=1S/C18H15NO4S/c1-23-18(22)12-7-9-13(10-8-12)19-16(20)11-15(17(19)21)24-14-5-3-2-4-6-14/h2-10,15H,11H2,1H3/t15-/m0/s1. The van der Waals surface area contributed by atoms with Gasteiger partial charge in [0.25, 0.3) is 0 Å². The van der Waals surface area contributed by atoms with Gasteiger partial charge >= 0.3 is 5.97 Å². The fourth-order valence-electron chi connectivity index (χ4n) is 2.50. The van der Waals surface area contributed by atoms with E-state index in [4.69, 9.17) is 0 Å². The first kappa shape index (κ1) is 16.3. The number of esters is 1. The van der Waals surface area contributed by atoms with Crippen molar-refractivity contribution >= 4 is 35.2 Å². The van der Waals surface area contributed by atoms with E-state index in [1.165, 1.54) is 23.8 Å². The molecular formula is C18H15NO4S. The summed E-state index contributed by atoms with van der Waals surface area (Å²) in [7, 11) is 1.30. The quantitative estimate of drug-likeness (QED) is 0.632. The van der Waals surface area contributed by atoms with Crippen molar-refractivity contribution in [1.29, 1.82) is 0 Å². The first-order chi connectivity index (χ1) is 11.6. The number of hydrogen-bond acceptors (Lipinski definition) is 5. The number of benzene rings is 2. The van der Waals surface area contributed by atoms with E-state index in [-0.39, 0.29) is 18.2 Å². The van der Waals surface area contributed by atoms with Crippen LogP contribution in [0.2, 0.25) is 0 Å². The highest BCUT2D eigenvalue weighted by atomic mass is 32.2. The third-order valence-electron chi connectivity index (χ3n) is 3.67. The van der Waals surface area contributed by atoms with Crippen molar-refractivity contribution in [2.24, 2.45) is 0 Å². The van der Waals surface area contributed by atoms with Gasteiger partial charge in [-0.15, -0.1) is 11.8 Å². The van der Waals surface area contributed by atoms with Gasteiger partial charge in [-0.25, -0.2) is 9.69 Å². The molecule has 2 amide bonds. The van der Waals surface area contributed by atoms with Crippen LogP contribution in [-0.2, 0) is 14.3 Å². The van der Waals surface area contributed by atoms with Crippen LogP contribution in [0.25, 0.3) is 0 Å². The Bertz CT molecular complexity index is 773. The minimum atomic E-state index is -0.460. The van der Waals surface area contributed by atoms with E-state index in [0.717, 1.165) is 4.90 Å². The molecule has 1 aliphatic rings. The molecule has 0 unspecified atom stereocenters. The van der Waals surface area contributed by atoms with Crippen molar-refractivity contribution in [2.75, 3.05) is 12.0 Å². The monoisotopic (exact) mass is 341 g/mol. The number of amides is 2. The topological polar surface area (TPSA) is 63.7 Å². The van der Waals surface area contributed by atoms with Crippen LogP contribution in [-0.4, -0.2) is 30.1 Å². The summed E-state index contributed by atoms with van der Waals surface area (Å²) in [5, 5.41) is -0.430. The van der Waals surface area contributed by atoms with Crippen LogP contribution >= 0.6 is 11.8 Å². The second-order valence-electron chi connectivity index (χ2n) is 5.23. The Hall–Kier alpha value is -2.60. The molecule has 2 aromatic rings. The van der Waals surface area contributed by atoms with Gasteiger partial charge in [-0.1, -0.05) is 18.2 Å². The zero-order valence-corrected chi connectivity index (χ0v) is 13.8. The summed E-state index contributed by atoms with van der Waals surface area (Å²) in [6, 6.07) is 15.8. The van der Waals surface area contributed by atoms with E-state index in [1.807, 2.05) is 30.3 Å². The highest BCUT2D eigenvalue weighted by Gasteiger charge is 2.40. The molecule has 0 aliphatic carbocycles. The number of rotatable bonds is 4.